The molecule has 0 fully saturated rings. The van der Waals surface area contributed by atoms with Gasteiger partial charge in [-0.3, -0.25) is 4.79 Å². The molecule has 0 unspecified atom stereocenters. The van der Waals surface area contributed by atoms with E-state index in [2.05, 4.69) is 0 Å². The molecule has 0 aliphatic carbocycles. The summed E-state index contributed by atoms with van der Waals surface area (Å²) in [4.78, 5) is 23.4. The second-order valence-corrected chi connectivity index (χ2v) is 5.04. The smallest absolute Gasteiger partial charge is 0.335 e. The molecule has 0 bridgehead atoms. The quantitative estimate of drug-likeness (QED) is 0.475. The summed E-state index contributed by atoms with van der Waals surface area (Å²) in [5, 5.41) is 9.33. The number of hydrogen-bond donors (Lipinski definition) is 1. The Labute approximate surface area is 138 Å². The Balaban J connectivity index is 2.28. The van der Waals surface area contributed by atoms with Crippen LogP contribution < -0.4 is 4.74 Å². The Kier molecular flexibility index (Phi) is 5.73. The molecule has 0 saturated carbocycles. The highest BCUT2D eigenvalue weighted by Gasteiger charge is 2.16. The van der Waals surface area contributed by atoms with Crippen LogP contribution in [0.2, 0.25) is 5.02 Å². The first-order valence-electron chi connectivity index (χ1n) is 6.91. The highest BCUT2D eigenvalue weighted by atomic mass is 35.5. The number of carboxylic acid groups (broad SMARTS) is 1. The van der Waals surface area contributed by atoms with Crippen LogP contribution in [0.15, 0.2) is 42.5 Å². The fourth-order valence-electron chi connectivity index (χ4n) is 1.91. The van der Waals surface area contributed by atoms with Crippen LogP contribution in [-0.2, 0) is 4.74 Å². The standard InChI is InChI=1S/C17H15ClO5/c1-2-22-10-23-15-9-13(18)7-8-14(15)16(19)11-3-5-12(6-4-11)17(20)21/h3-9H,2,10H2,1H3,(H,20,21). The van der Waals surface area contributed by atoms with Crippen LogP contribution >= 0.6 is 11.6 Å². The van der Waals surface area contributed by atoms with E-state index in [-0.39, 0.29) is 18.1 Å². The maximum Gasteiger partial charge on any atom is 0.335 e. The maximum atomic E-state index is 12.6. The number of benzene rings is 2. The van der Waals surface area contributed by atoms with E-state index in [1.165, 1.54) is 24.3 Å². The molecule has 0 saturated heterocycles. The molecule has 0 aliphatic heterocycles. The third-order valence-corrected chi connectivity index (χ3v) is 3.32. The summed E-state index contributed by atoms with van der Waals surface area (Å²) >= 11 is 5.94. The molecule has 0 aliphatic rings. The Morgan fingerprint density at radius 1 is 1.09 bits per heavy atom. The molecule has 0 spiro atoms. The zero-order chi connectivity index (χ0) is 16.8. The van der Waals surface area contributed by atoms with Gasteiger partial charge in [0, 0.05) is 17.2 Å². The van der Waals surface area contributed by atoms with E-state index in [9.17, 15) is 9.59 Å². The molecule has 0 amide bonds. The zero-order valence-electron chi connectivity index (χ0n) is 12.4. The molecule has 23 heavy (non-hydrogen) atoms. The van der Waals surface area contributed by atoms with Crippen molar-refractivity contribution >= 4 is 23.4 Å². The molecular weight excluding hydrogens is 320 g/mol. The van der Waals surface area contributed by atoms with Crippen molar-refractivity contribution in [2.24, 2.45) is 0 Å². The van der Waals surface area contributed by atoms with E-state index >= 15 is 0 Å². The zero-order valence-corrected chi connectivity index (χ0v) is 13.2. The molecule has 120 valence electrons. The molecule has 0 heterocycles. The van der Waals surface area contributed by atoms with E-state index in [1.54, 1.807) is 18.2 Å². The topological polar surface area (TPSA) is 72.8 Å². The van der Waals surface area contributed by atoms with Crippen molar-refractivity contribution in [3.8, 4) is 5.75 Å². The molecular formula is C17H15ClO5. The Bertz CT molecular complexity index is 709. The van der Waals surface area contributed by atoms with Gasteiger partial charge in [0.05, 0.1) is 11.1 Å². The number of aromatic carboxylic acids is 1. The first-order valence-corrected chi connectivity index (χ1v) is 7.29. The van der Waals surface area contributed by atoms with Crippen molar-refractivity contribution < 1.29 is 24.2 Å². The van der Waals surface area contributed by atoms with E-state index in [0.717, 1.165) is 0 Å². The predicted octanol–water partition coefficient (Wildman–Crippen LogP) is 3.64. The van der Waals surface area contributed by atoms with Crippen LogP contribution in [0.4, 0.5) is 0 Å². The van der Waals surface area contributed by atoms with Crippen molar-refractivity contribution in [3.63, 3.8) is 0 Å². The lowest BCUT2D eigenvalue weighted by molar-refractivity contribution is 0.0220. The van der Waals surface area contributed by atoms with Crippen molar-refractivity contribution in [1.29, 1.82) is 0 Å². The number of rotatable bonds is 7. The molecule has 0 aromatic heterocycles. The van der Waals surface area contributed by atoms with E-state index in [1.807, 2.05) is 6.92 Å². The number of ketones is 1. The average Bonchev–Trinajstić information content (AvgIpc) is 2.55. The summed E-state index contributed by atoms with van der Waals surface area (Å²) in [6, 6.07) is 10.4. The summed E-state index contributed by atoms with van der Waals surface area (Å²) in [5.41, 5.74) is 0.807. The van der Waals surface area contributed by atoms with Gasteiger partial charge in [-0.05, 0) is 37.3 Å². The van der Waals surface area contributed by atoms with Crippen LogP contribution in [0, 0.1) is 0 Å². The molecule has 5 nitrogen and oxygen atoms in total. The number of carbonyl (C=O) groups excluding carboxylic acids is 1. The van der Waals surface area contributed by atoms with E-state index < -0.39 is 5.97 Å². The van der Waals surface area contributed by atoms with E-state index in [0.29, 0.717) is 28.5 Å². The molecule has 0 radical (unpaired) electrons. The Hall–Kier alpha value is -2.37. The minimum Gasteiger partial charge on any atom is -0.478 e. The van der Waals surface area contributed by atoms with Crippen molar-refractivity contribution in [1.82, 2.24) is 0 Å². The highest BCUT2D eigenvalue weighted by Crippen LogP contribution is 2.26. The van der Waals surface area contributed by atoms with Crippen molar-refractivity contribution in [3.05, 3.63) is 64.2 Å². The van der Waals surface area contributed by atoms with Crippen molar-refractivity contribution in [2.75, 3.05) is 13.4 Å². The van der Waals surface area contributed by atoms with Crippen LogP contribution in [0.1, 0.15) is 33.2 Å². The van der Waals surface area contributed by atoms with Gasteiger partial charge in [-0.2, -0.15) is 0 Å². The highest BCUT2D eigenvalue weighted by molar-refractivity contribution is 6.31. The van der Waals surface area contributed by atoms with E-state index in [4.69, 9.17) is 26.2 Å². The summed E-state index contributed by atoms with van der Waals surface area (Å²) < 4.78 is 10.6. The molecule has 2 aromatic rings. The largest absolute Gasteiger partial charge is 0.478 e. The lowest BCUT2D eigenvalue weighted by Crippen LogP contribution is -2.08. The summed E-state index contributed by atoms with van der Waals surface area (Å²) in [5.74, 6) is -1.01. The fourth-order valence-corrected chi connectivity index (χ4v) is 2.07. The lowest BCUT2D eigenvalue weighted by atomic mass is 10.0. The Morgan fingerprint density at radius 3 is 2.35 bits per heavy atom. The number of carboxylic acids is 1. The predicted molar refractivity (Wildman–Crippen MR) is 85.4 cm³/mol. The Morgan fingerprint density at radius 2 is 1.74 bits per heavy atom. The second kappa shape index (κ2) is 7.76. The fraction of sp³-hybridized carbons (Fsp3) is 0.176. The second-order valence-electron chi connectivity index (χ2n) is 4.61. The maximum absolute atomic E-state index is 12.6. The van der Waals surface area contributed by atoms with Gasteiger partial charge in [0.25, 0.3) is 0 Å². The molecule has 1 N–H and O–H groups in total. The van der Waals surface area contributed by atoms with Gasteiger partial charge < -0.3 is 14.6 Å². The number of carbonyl (C=O) groups is 2. The van der Waals surface area contributed by atoms with Crippen LogP contribution in [0.3, 0.4) is 0 Å². The molecule has 0 atom stereocenters. The monoisotopic (exact) mass is 334 g/mol. The first kappa shape index (κ1) is 17.0. The normalized spacial score (nSPS) is 10.3. The van der Waals surface area contributed by atoms with Crippen LogP contribution in [-0.4, -0.2) is 30.3 Å². The molecule has 6 heteroatoms. The number of halogens is 1. The lowest BCUT2D eigenvalue weighted by Gasteiger charge is -2.11. The minimum absolute atomic E-state index is 0.00900. The molecule has 2 aromatic carbocycles. The van der Waals surface area contributed by atoms with Gasteiger partial charge in [0.15, 0.2) is 12.6 Å². The summed E-state index contributed by atoms with van der Waals surface area (Å²) in [6.45, 7) is 2.33. The van der Waals surface area contributed by atoms with Gasteiger partial charge in [0.2, 0.25) is 0 Å². The first-order chi connectivity index (χ1) is 11.0. The third kappa shape index (κ3) is 4.31. The van der Waals surface area contributed by atoms with Gasteiger partial charge in [-0.25, -0.2) is 4.79 Å². The molecule has 2 rings (SSSR count). The van der Waals surface area contributed by atoms with Crippen molar-refractivity contribution in [2.45, 2.75) is 6.92 Å². The van der Waals surface area contributed by atoms with Gasteiger partial charge in [-0.1, -0.05) is 23.7 Å². The third-order valence-electron chi connectivity index (χ3n) is 3.08. The van der Waals surface area contributed by atoms with Crippen LogP contribution in [0.25, 0.3) is 0 Å². The van der Waals surface area contributed by atoms with Gasteiger partial charge in [0.1, 0.15) is 5.75 Å². The SMILES string of the molecule is CCOCOc1cc(Cl)ccc1C(=O)c1ccc(C(=O)O)cc1. The average molecular weight is 335 g/mol. The minimum atomic E-state index is -1.05. The summed E-state index contributed by atoms with van der Waals surface area (Å²) in [7, 11) is 0. The van der Waals surface area contributed by atoms with Gasteiger partial charge >= 0.3 is 5.97 Å². The summed E-state index contributed by atoms with van der Waals surface area (Å²) in [6.07, 6.45) is 0. The van der Waals surface area contributed by atoms with Crippen LogP contribution in [0.5, 0.6) is 5.75 Å². The number of hydrogen-bond acceptors (Lipinski definition) is 4. The number of ether oxygens (including phenoxy) is 2. The van der Waals surface area contributed by atoms with Gasteiger partial charge in [-0.15, -0.1) is 0 Å².